The van der Waals surface area contributed by atoms with Gasteiger partial charge in [-0.3, -0.25) is 14.6 Å². The number of likely N-dealkylation sites (tertiary alicyclic amines) is 1. The van der Waals surface area contributed by atoms with Gasteiger partial charge in [-0.2, -0.15) is 0 Å². The number of carbonyl (C=O) groups excluding carboxylic acids is 2. The SMILES string of the molecule is Cc1ccc(-c2cc(C(=O)NCc3ncc(Cl)cc3Cl)cc(C(=O)N3CCCC3)c2)cc1. The maximum atomic E-state index is 13.1. The molecular formula is C25H23Cl2N3O2. The van der Waals surface area contributed by atoms with Gasteiger partial charge >= 0.3 is 0 Å². The molecule has 1 saturated heterocycles. The molecule has 5 nitrogen and oxygen atoms in total. The molecule has 0 spiro atoms. The maximum absolute atomic E-state index is 13.1. The highest BCUT2D eigenvalue weighted by Gasteiger charge is 2.22. The fourth-order valence-corrected chi connectivity index (χ4v) is 4.18. The molecule has 7 heteroatoms. The van der Waals surface area contributed by atoms with Gasteiger partial charge in [0.25, 0.3) is 11.8 Å². The van der Waals surface area contributed by atoms with E-state index in [0.29, 0.717) is 26.9 Å². The third-order valence-electron chi connectivity index (χ3n) is 5.52. The molecule has 2 aromatic carbocycles. The molecule has 3 aromatic rings. The number of nitrogens with zero attached hydrogens (tertiary/aromatic N) is 2. The van der Waals surface area contributed by atoms with Crippen LogP contribution < -0.4 is 5.32 Å². The summed E-state index contributed by atoms with van der Waals surface area (Å²) in [6.07, 6.45) is 3.50. The van der Waals surface area contributed by atoms with E-state index in [4.69, 9.17) is 23.2 Å². The van der Waals surface area contributed by atoms with Crippen LogP contribution in [0, 0.1) is 6.92 Å². The van der Waals surface area contributed by atoms with Gasteiger partial charge in [0.1, 0.15) is 0 Å². The Morgan fingerprint density at radius 1 is 0.969 bits per heavy atom. The summed E-state index contributed by atoms with van der Waals surface area (Å²) in [6.45, 7) is 3.66. The first kappa shape index (κ1) is 22.3. The minimum absolute atomic E-state index is 0.0482. The van der Waals surface area contributed by atoms with Crippen molar-refractivity contribution < 1.29 is 9.59 Å². The van der Waals surface area contributed by atoms with Crippen LogP contribution in [0.5, 0.6) is 0 Å². The number of hydrogen-bond acceptors (Lipinski definition) is 3. The summed E-state index contributed by atoms with van der Waals surface area (Å²) < 4.78 is 0. The lowest BCUT2D eigenvalue weighted by Crippen LogP contribution is -2.28. The van der Waals surface area contributed by atoms with Crippen LogP contribution >= 0.6 is 23.2 Å². The molecule has 2 amide bonds. The van der Waals surface area contributed by atoms with E-state index in [-0.39, 0.29) is 18.4 Å². The minimum atomic E-state index is -0.303. The van der Waals surface area contributed by atoms with Crippen LogP contribution in [-0.4, -0.2) is 34.8 Å². The number of carbonyl (C=O) groups is 2. The highest BCUT2D eigenvalue weighted by atomic mass is 35.5. The number of pyridine rings is 1. The zero-order valence-corrected chi connectivity index (χ0v) is 19.2. The van der Waals surface area contributed by atoms with Gasteiger partial charge in [0.15, 0.2) is 0 Å². The number of halogens is 2. The second-order valence-corrected chi connectivity index (χ2v) is 8.77. The Morgan fingerprint density at radius 3 is 2.34 bits per heavy atom. The average molecular weight is 468 g/mol. The Hall–Kier alpha value is -2.89. The molecule has 1 aromatic heterocycles. The topological polar surface area (TPSA) is 62.3 Å². The van der Waals surface area contributed by atoms with Crippen LogP contribution in [0.25, 0.3) is 11.1 Å². The molecule has 164 valence electrons. The molecule has 0 atom stereocenters. The molecule has 0 radical (unpaired) electrons. The fourth-order valence-electron chi connectivity index (χ4n) is 3.74. The van der Waals surface area contributed by atoms with E-state index in [2.05, 4.69) is 10.3 Å². The molecule has 1 fully saturated rings. The first-order chi connectivity index (χ1) is 15.4. The van der Waals surface area contributed by atoms with Gasteiger partial charge in [0, 0.05) is 30.4 Å². The summed E-state index contributed by atoms with van der Waals surface area (Å²) in [4.78, 5) is 32.1. The van der Waals surface area contributed by atoms with Crippen LogP contribution in [0.4, 0.5) is 0 Å². The van der Waals surface area contributed by atoms with Crippen molar-refractivity contribution in [2.75, 3.05) is 13.1 Å². The largest absolute Gasteiger partial charge is 0.346 e. The van der Waals surface area contributed by atoms with E-state index < -0.39 is 0 Å². The van der Waals surface area contributed by atoms with Crippen LogP contribution in [0.3, 0.4) is 0 Å². The molecule has 1 N–H and O–H groups in total. The van der Waals surface area contributed by atoms with Gasteiger partial charge in [0.2, 0.25) is 0 Å². The van der Waals surface area contributed by atoms with Crippen molar-refractivity contribution in [3.05, 3.63) is 87.2 Å². The van der Waals surface area contributed by atoms with Crippen LogP contribution in [0.15, 0.2) is 54.7 Å². The summed E-state index contributed by atoms with van der Waals surface area (Å²) >= 11 is 12.1. The fraction of sp³-hybridized carbons (Fsp3) is 0.240. The van der Waals surface area contributed by atoms with E-state index >= 15 is 0 Å². The number of aromatic nitrogens is 1. The standard InChI is InChI=1S/C25H23Cl2N3O2/c1-16-4-6-17(7-5-16)18-10-19(12-20(11-18)25(32)30-8-2-3-9-30)24(31)29-15-23-22(27)13-21(26)14-28-23/h4-7,10-14H,2-3,8-9,15H2,1H3,(H,29,31). The normalized spacial score (nSPS) is 13.3. The molecule has 0 unspecified atom stereocenters. The number of amides is 2. The summed E-state index contributed by atoms with van der Waals surface area (Å²) in [7, 11) is 0. The third-order valence-corrected chi connectivity index (χ3v) is 6.05. The first-order valence-electron chi connectivity index (χ1n) is 10.5. The Morgan fingerprint density at radius 2 is 1.66 bits per heavy atom. The van der Waals surface area contributed by atoms with E-state index in [9.17, 15) is 9.59 Å². The number of nitrogens with one attached hydrogen (secondary N) is 1. The molecule has 4 rings (SSSR count). The summed E-state index contributed by atoms with van der Waals surface area (Å²) in [5.74, 6) is -0.352. The molecule has 0 aliphatic carbocycles. The van der Waals surface area contributed by atoms with Crippen LogP contribution in [-0.2, 0) is 6.54 Å². The van der Waals surface area contributed by atoms with Crippen molar-refractivity contribution in [3.8, 4) is 11.1 Å². The Kier molecular flexibility index (Phi) is 6.77. The lowest BCUT2D eigenvalue weighted by Gasteiger charge is -2.17. The first-order valence-corrected chi connectivity index (χ1v) is 11.3. The number of rotatable bonds is 5. The van der Waals surface area contributed by atoms with E-state index in [1.54, 1.807) is 18.2 Å². The lowest BCUT2D eigenvalue weighted by molar-refractivity contribution is 0.0793. The Balaban J connectivity index is 1.63. The molecule has 32 heavy (non-hydrogen) atoms. The second-order valence-electron chi connectivity index (χ2n) is 7.93. The van der Waals surface area contributed by atoms with Crippen molar-refractivity contribution >= 4 is 35.0 Å². The minimum Gasteiger partial charge on any atom is -0.346 e. The van der Waals surface area contributed by atoms with Gasteiger partial charge < -0.3 is 10.2 Å². The highest BCUT2D eigenvalue weighted by Crippen LogP contribution is 2.25. The van der Waals surface area contributed by atoms with Gasteiger partial charge in [-0.1, -0.05) is 53.0 Å². The van der Waals surface area contributed by atoms with Crippen LogP contribution in [0.2, 0.25) is 10.0 Å². The highest BCUT2D eigenvalue weighted by molar-refractivity contribution is 6.34. The van der Waals surface area contributed by atoms with E-state index in [1.165, 1.54) is 6.20 Å². The molecule has 2 heterocycles. The predicted molar refractivity (Wildman–Crippen MR) is 127 cm³/mol. The second kappa shape index (κ2) is 9.72. The smallest absolute Gasteiger partial charge is 0.253 e. The van der Waals surface area contributed by atoms with Crippen molar-refractivity contribution in [1.82, 2.24) is 15.2 Å². The molecule has 0 bridgehead atoms. The van der Waals surface area contributed by atoms with Crippen molar-refractivity contribution in [2.45, 2.75) is 26.3 Å². The summed E-state index contributed by atoms with van der Waals surface area (Å²) in [6, 6.07) is 14.9. The quantitative estimate of drug-likeness (QED) is 0.536. The molecule has 1 aliphatic rings. The summed E-state index contributed by atoms with van der Waals surface area (Å²) in [5.41, 5.74) is 4.36. The lowest BCUT2D eigenvalue weighted by atomic mass is 9.98. The monoisotopic (exact) mass is 467 g/mol. The third kappa shape index (κ3) is 5.12. The van der Waals surface area contributed by atoms with Gasteiger partial charge in [-0.15, -0.1) is 0 Å². The molecular weight excluding hydrogens is 445 g/mol. The van der Waals surface area contributed by atoms with Crippen LogP contribution in [0.1, 0.15) is 44.8 Å². The van der Waals surface area contributed by atoms with Crippen molar-refractivity contribution in [1.29, 1.82) is 0 Å². The average Bonchev–Trinajstić information content (AvgIpc) is 3.33. The van der Waals surface area contributed by atoms with Gasteiger partial charge in [-0.05, 0) is 55.2 Å². The molecule has 1 aliphatic heterocycles. The van der Waals surface area contributed by atoms with Crippen molar-refractivity contribution in [3.63, 3.8) is 0 Å². The molecule has 0 saturated carbocycles. The van der Waals surface area contributed by atoms with Crippen molar-refractivity contribution in [2.24, 2.45) is 0 Å². The number of aryl methyl sites for hydroxylation is 1. The van der Waals surface area contributed by atoms with E-state index in [1.807, 2.05) is 42.2 Å². The maximum Gasteiger partial charge on any atom is 0.253 e. The van der Waals surface area contributed by atoms with Gasteiger partial charge in [0.05, 0.1) is 22.3 Å². The summed E-state index contributed by atoms with van der Waals surface area (Å²) in [5, 5.41) is 3.66. The zero-order valence-electron chi connectivity index (χ0n) is 17.7. The predicted octanol–water partition coefficient (Wildman–Crippen LogP) is 5.53. The Labute approximate surface area is 197 Å². The van der Waals surface area contributed by atoms with E-state index in [0.717, 1.165) is 42.6 Å². The Bertz CT molecular complexity index is 1160. The zero-order chi connectivity index (χ0) is 22.7. The number of benzene rings is 2. The number of hydrogen-bond donors (Lipinski definition) is 1. The van der Waals surface area contributed by atoms with Gasteiger partial charge in [-0.25, -0.2) is 0 Å².